The van der Waals surface area contributed by atoms with E-state index in [0.717, 1.165) is 6.42 Å². The Hall–Kier alpha value is -1.51. The van der Waals surface area contributed by atoms with E-state index in [0.29, 0.717) is 30.3 Å². The molecule has 86 valence electrons. The molecule has 16 heavy (non-hydrogen) atoms. The van der Waals surface area contributed by atoms with Crippen molar-refractivity contribution in [3.05, 3.63) is 36.2 Å². The molecule has 1 aromatic carbocycles. The zero-order chi connectivity index (χ0) is 11.5. The Balaban J connectivity index is 2.35. The molecular formula is C13H15FO2. The summed E-state index contributed by atoms with van der Waals surface area (Å²) in [6.45, 7) is 6.64. The van der Waals surface area contributed by atoms with E-state index >= 15 is 0 Å². The molecule has 1 heterocycles. The SMILES string of the molecule is C=CCC(C)c1cc2c(cc1F)OCCO2. The Bertz CT molecular complexity index is 401. The fraction of sp³-hybridized carbons (Fsp3) is 0.385. The van der Waals surface area contributed by atoms with Crippen LogP contribution in [0.1, 0.15) is 24.8 Å². The van der Waals surface area contributed by atoms with Crippen LogP contribution in [0.2, 0.25) is 0 Å². The van der Waals surface area contributed by atoms with Gasteiger partial charge in [0.05, 0.1) is 0 Å². The Kier molecular flexibility index (Phi) is 3.13. The molecule has 0 radical (unpaired) electrons. The summed E-state index contributed by atoms with van der Waals surface area (Å²) in [7, 11) is 0. The molecule has 1 aromatic rings. The van der Waals surface area contributed by atoms with Crippen molar-refractivity contribution < 1.29 is 13.9 Å². The lowest BCUT2D eigenvalue weighted by Crippen LogP contribution is -2.16. The van der Waals surface area contributed by atoms with Crippen LogP contribution in [0.5, 0.6) is 11.5 Å². The molecule has 0 aliphatic carbocycles. The summed E-state index contributed by atoms with van der Waals surface area (Å²) in [6.07, 6.45) is 2.54. The number of halogens is 1. The quantitative estimate of drug-likeness (QED) is 0.731. The highest BCUT2D eigenvalue weighted by Crippen LogP contribution is 2.35. The van der Waals surface area contributed by atoms with Gasteiger partial charge in [-0.2, -0.15) is 0 Å². The van der Waals surface area contributed by atoms with Gasteiger partial charge in [-0.3, -0.25) is 0 Å². The summed E-state index contributed by atoms with van der Waals surface area (Å²) in [6, 6.07) is 3.14. The number of rotatable bonds is 3. The van der Waals surface area contributed by atoms with Crippen molar-refractivity contribution in [1.82, 2.24) is 0 Å². The Labute approximate surface area is 94.7 Å². The molecular weight excluding hydrogens is 207 g/mol. The summed E-state index contributed by atoms with van der Waals surface area (Å²) < 4.78 is 24.5. The monoisotopic (exact) mass is 222 g/mol. The third-order valence-corrected chi connectivity index (χ3v) is 2.71. The van der Waals surface area contributed by atoms with Crippen LogP contribution in [0.25, 0.3) is 0 Å². The smallest absolute Gasteiger partial charge is 0.164 e. The molecule has 0 bridgehead atoms. The number of hydrogen-bond donors (Lipinski definition) is 0. The van der Waals surface area contributed by atoms with E-state index in [9.17, 15) is 4.39 Å². The lowest BCUT2D eigenvalue weighted by Gasteiger charge is -2.20. The number of benzene rings is 1. The fourth-order valence-electron chi connectivity index (χ4n) is 1.83. The molecule has 3 heteroatoms. The van der Waals surface area contributed by atoms with Crippen molar-refractivity contribution >= 4 is 0 Å². The highest BCUT2D eigenvalue weighted by atomic mass is 19.1. The standard InChI is InChI=1S/C13H15FO2/c1-3-4-9(2)10-7-12-13(8-11(10)14)16-6-5-15-12/h3,7-9H,1,4-6H2,2H3. The summed E-state index contributed by atoms with van der Waals surface area (Å²) in [4.78, 5) is 0. The molecule has 1 aliphatic rings. The first-order valence-corrected chi connectivity index (χ1v) is 5.42. The van der Waals surface area contributed by atoms with Gasteiger partial charge in [0, 0.05) is 6.07 Å². The molecule has 0 fully saturated rings. The molecule has 0 N–H and O–H groups in total. The van der Waals surface area contributed by atoms with Crippen LogP contribution in [0.15, 0.2) is 24.8 Å². The second-order valence-electron chi connectivity index (χ2n) is 3.94. The largest absolute Gasteiger partial charge is 0.486 e. The number of hydrogen-bond acceptors (Lipinski definition) is 2. The van der Waals surface area contributed by atoms with Crippen molar-refractivity contribution in [2.75, 3.05) is 13.2 Å². The maximum Gasteiger partial charge on any atom is 0.164 e. The Morgan fingerprint density at radius 1 is 1.38 bits per heavy atom. The number of ether oxygens (including phenoxy) is 2. The van der Waals surface area contributed by atoms with Gasteiger partial charge in [-0.25, -0.2) is 4.39 Å². The van der Waals surface area contributed by atoms with Crippen LogP contribution < -0.4 is 9.47 Å². The molecule has 0 amide bonds. The number of fused-ring (bicyclic) bond motifs is 1. The van der Waals surface area contributed by atoms with Gasteiger partial charge in [0.25, 0.3) is 0 Å². The maximum atomic E-state index is 13.8. The molecule has 2 rings (SSSR count). The van der Waals surface area contributed by atoms with E-state index in [2.05, 4.69) is 6.58 Å². The van der Waals surface area contributed by atoms with E-state index < -0.39 is 0 Å². The molecule has 1 unspecified atom stereocenters. The van der Waals surface area contributed by atoms with E-state index in [4.69, 9.17) is 9.47 Å². The summed E-state index contributed by atoms with van der Waals surface area (Å²) in [5.41, 5.74) is 0.657. The predicted molar refractivity (Wildman–Crippen MR) is 60.6 cm³/mol. The van der Waals surface area contributed by atoms with E-state index in [-0.39, 0.29) is 11.7 Å². The van der Waals surface area contributed by atoms with Crippen LogP contribution in [0.3, 0.4) is 0 Å². The van der Waals surface area contributed by atoms with Crippen LogP contribution in [0.4, 0.5) is 4.39 Å². The first-order valence-electron chi connectivity index (χ1n) is 5.42. The fourth-order valence-corrected chi connectivity index (χ4v) is 1.83. The van der Waals surface area contributed by atoms with Gasteiger partial charge < -0.3 is 9.47 Å². The highest BCUT2D eigenvalue weighted by molar-refractivity contribution is 5.45. The molecule has 1 aliphatic heterocycles. The molecule has 1 atom stereocenters. The molecule has 0 aromatic heterocycles. The Morgan fingerprint density at radius 3 is 2.62 bits per heavy atom. The average Bonchev–Trinajstić information content (AvgIpc) is 2.28. The minimum absolute atomic E-state index is 0.105. The van der Waals surface area contributed by atoms with Gasteiger partial charge in [0.15, 0.2) is 11.5 Å². The molecule has 2 nitrogen and oxygen atoms in total. The maximum absolute atomic E-state index is 13.8. The zero-order valence-corrected chi connectivity index (χ0v) is 9.33. The van der Waals surface area contributed by atoms with Crippen LogP contribution in [-0.2, 0) is 0 Å². The molecule has 0 saturated carbocycles. The van der Waals surface area contributed by atoms with Crippen molar-refractivity contribution in [2.45, 2.75) is 19.3 Å². The lowest BCUT2D eigenvalue weighted by atomic mass is 9.97. The highest BCUT2D eigenvalue weighted by Gasteiger charge is 2.18. The van der Waals surface area contributed by atoms with Crippen molar-refractivity contribution in [1.29, 1.82) is 0 Å². The molecule has 0 saturated heterocycles. The lowest BCUT2D eigenvalue weighted by molar-refractivity contribution is 0.170. The molecule has 0 spiro atoms. The van der Waals surface area contributed by atoms with Gasteiger partial charge in [-0.05, 0) is 24.0 Å². The normalized spacial score (nSPS) is 15.6. The van der Waals surface area contributed by atoms with Crippen LogP contribution >= 0.6 is 0 Å². The van der Waals surface area contributed by atoms with Gasteiger partial charge >= 0.3 is 0 Å². The minimum Gasteiger partial charge on any atom is -0.486 e. The van der Waals surface area contributed by atoms with Crippen LogP contribution in [-0.4, -0.2) is 13.2 Å². The predicted octanol–water partition coefficient (Wildman–Crippen LogP) is 3.28. The van der Waals surface area contributed by atoms with Crippen molar-refractivity contribution in [2.24, 2.45) is 0 Å². The van der Waals surface area contributed by atoms with E-state index in [1.54, 1.807) is 12.1 Å². The topological polar surface area (TPSA) is 18.5 Å². The van der Waals surface area contributed by atoms with Crippen molar-refractivity contribution in [3.63, 3.8) is 0 Å². The summed E-state index contributed by atoms with van der Waals surface area (Å²) >= 11 is 0. The van der Waals surface area contributed by atoms with Gasteiger partial charge in [-0.1, -0.05) is 13.0 Å². The summed E-state index contributed by atoms with van der Waals surface area (Å²) in [5.74, 6) is 1.00. The van der Waals surface area contributed by atoms with Crippen molar-refractivity contribution in [3.8, 4) is 11.5 Å². The Morgan fingerprint density at radius 2 is 2.00 bits per heavy atom. The van der Waals surface area contributed by atoms with E-state index in [1.807, 2.05) is 6.92 Å². The number of allylic oxidation sites excluding steroid dienone is 1. The second-order valence-corrected chi connectivity index (χ2v) is 3.94. The first-order chi connectivity index (χ1) is 7.72. The van der Waals surface area contributed by atoms with Crippen LogP contribution in [0, 0.1) is 5.82 Å². The third kappa shape index (κ3) is 2.03. The van der Waals surface area contributed by atoms with Gasteiger partial charge in [0.2, 0.25) is 0 Å². The van der Waals surface area contributed by atoms with Gasteiger partial charge in [-0.15, -0.1) is 6.58 Å². The summed E-state index contributed by atoms with van der Waals surface area (Å²) in [5, 5.41) is 0. The second kappa shape index (κ2) is 4.56. The van der Waals surface area contributed by atoms with Gasteiger partial charge in [0.1, 0.15) is 19.0 Å². The first kappa shape index (κ1) is 11.0. The zero-order valence-electron chi connectivity index (χ0n) is 9.33. The van der Waals surface area contributed by atoms with E-state index in [1.165, 1.54) is 6.07 Å². The third-order valence-electron chi connectivity index (χ3n) is 2.71. The minimum atomic E-state index is -0.237. The average molecular weight is 222 g/mol.